The Bertz CT molecular complexity index is 597. The molecule has 100 valence electrons. The van der Waals surface area contributed by atoms with E-state index in [1.807, 2.05) is 18.2 Å². The SMILES string of the molecule is COc1cc(NCc2ccc([N+](=O)[O-])o2)ccc1Br. The first-order chi connectivity index (χ1) is 9.10. The van der Waals surface area contributed by atoms with Crippen molar-refractivity contribution in [3.8, 4) is 5.75 Å². The van der Waals surface area contributed by atoms with Crippen LogP contribution in [0.2, 0.25) is 0 Å². The van der Waals surface area contributed by atoms with Crippen LogP contribution in [0.5, 0.6) is 5.75 Å². The summed E-state index contributed by atoms with van der Waals surface area (Å²) >= 11 is 3.36. The molecule has 0 fully saturated rings. The minimum Gasteiger partial charge on any atom is -0.495 e. The highest BCUT2D eigenvalue weighted by molar-refractivity contribution is 9.10. The van der Waals surface area contributed by atoms with E-state index in [0.29, 0.717) is 18.1 Å². The Morgan fingerprint density at radius 2 is 2.21 bits per heavy atom. The van der Waals surface area contributed by atoms with Crippen LogP contribution in [0.25, 0.3) is 0 Å². The maximum absolute atomic E-state index is 10.5. The number of rotatable bonds is 5. The van der Waals surface area contributed by atoms with Crippen molar-refractivity contribution in [2.45, 2.75) is 6.54 Å². The predicted molar refractivity (Wildman–Crippen MR) is 73.4 cm³/mol. The molecule has 0 spiro atoms. The fourth-order valence-electron chi connectivity index (χ4n) is 1.52. The topological polar surface area (TPSA) is 77.5 Å². The number of nitrogens with zero attached hydrogens (tertiary/aromatic N) is 1. The van der Waals surface area contributed by atoms with Crippen molar-refractivity contribution in [3.05, 3.63) is 50.7 Å². The molecule has 1 aromatic heterocycles. The standard InChI is InChI=1S/C12H11BrN2O4/c1-18-11-6-8(2-4-10(11)13)14-7-9-3-5-12(19-9)15(16)17/h2-6,14H,7H2,1H3. The molecule has 19 heavy (non-hydrogen) atoms. The lowest BCUT2D eigenvalue weighted by molar-refractivity contribution is -0.402. The highest BCUT2D eigenvalue weighted by Gasteiger charge is 2.11. The van der Waals surface area contributed by atoms with E-state index in [1.165, 1.54) is 6.07 Å². The van der Waals surface area contributed by atoms with Gasteiger partial charge in [0.2, 0.25) is 0 Å². The van der Waals surface area contributed by atoms with Crippen LogP contribution in [0.3, 0.4) is 0 Å². The van der Waals surface area contributed by atoms with Gasteiger partial charge < -0.3 is 14.5 Å². The molecule has 0 atom stereocenters. The Morgan fingerprint density at radius 1 is 1.42 bits per heavy atom. The summed E-state index contributed by atoms with van der Waals surface area (Å²) in [5.74, 6) is 0.939. The lowest BCUT2D eigenvalue weighted by Gasteiger charge is -2.08. The van der Waals surface area contributed by atoms with Gasteiger partial charge in [0.1, 0.15) is 16.4 Å². The van der Waals surface area contributed by atoms with Crippen LogP contribution < -0.4 is 10.1 Å². The van der Waals surface area contributed by atoms with Crippen molar-refractivity contribution in [1.29, 1.82) is 0 Å². The van der Waals surface area contributed by atoms with Crippen LogP contribution in [-0.2, 0) is 6.54 Å². The number of anilines is 1. The highest BCUT2D eigenvalue weighted by Crippen LogP contribution is 2.28. The lowest BCUT2D eigenvalue weighted by Crippen LogP contribution is -1.98. The van der Waals surface area contributed by atoms with Crippen LogP contribution in [0.4, 0.5) is 11.6 Å². The maximum atomic E-state index is 10.5. The van der Waals surface area contributed by atoms with Crippen molar-refractivity contribution < 1.29 is 14.1 Å². The number of hydrogen-bond donors (Lipinski definition) is 1. The quantitative estimate of drug-likeness (QED) is 0.671. The van der Waals surface area contributed by atoms with Gasteiger partial charge in [0, 0.05) is 11.8 Å². The van der Waals surface area contributed by atoms with Crippen molar-refractivity contribution in [2.24, 2.45) is 0 Å². The Balaban J connectivity index is 2.03. The summed E-state index contributed by atoms with van der Waals surface area (Å²) in [5.41, 5.74) is 0.833. The monoisotopic (exact) mass is 326 g/mol. The number of furan rings is 1. The van der Waals surface area contributed by atoms with E-state index in [4.69, 9.17) is 9.15 Å². The predicted octanol–water partition coefficient (Wildman–Crippen LogP) is 3.57. The van der Waals surface area contributed by atoms with E-state index in [2.05, 4.69) is 21.2 Å². The largest absolute Gasteiger partial charge is 0.495 e. The third kappa shape index (κ3) is 3.25. The average Bonchev–Trinajstić information content (AvgIpc) is 2.87. The molecule has 1 N–H and O–H groups in total. The first-order valence-electron chi connectivity index (χ1n) is 5.40. The Hall–Kier alpha value is -2.02. The molecule has 2 aromatic rings. The van der Waals surface area contributed by atoms with Crippen LogP contribution >= 0.6 is 15.9 Å². The van der Waals surface area contributed by atoms with Crippen molar-refractivity contribution in [2.75, 3.05) is 12.4 Å². The molecule has 2 rings (SSSR count). The molecular weight excluding hydrogens is 316 g/mol. The molecule has 6 nitrogen and oxygen atoms in total. The third-order valence-corrected chi connectivity index (χ3v) is 3.10. The van der Waals surface area contributed by atoms with Gasteiger partial charge >= 0.3 is 5.88 Å². The molecule has 0 saturated carbocycles. The summed E-state index contributed by atoms with van der Waals surface area (Å²) in [6.45, 7) is 0.360. The Morgan fingerprint density at radius 3 is 2.84 bits per heavy atom. The number of methoxy groups -OCH3 is 1. The zero-order chi connectivity index (χ0) is 13.8. The number of benzene rings is 1. The van der Waals surface area contributed by atoms with Gasteiger partial charge in [0.25, 0.3) is 0 Å². The number of nitro groups is 1. The van der Waals surface area contributed by atoms with Gasteiger partial charge in [-0.15, -0.1) is 0 Å². The zero-order valence-electron chi connectivity index (χ0n) is 10.1. The van der Waals surface area contributed by atoms with Crippen molar-refractivity contribution in [3.63, 3.8) is 0 Å². The molecule has 0 aliphatic rings. The van der Waals surface area contributed by atoms with E-state index in [1.54, 1.807) is 13.2 Å². The minimum atomic E-state index is -0.563. The van der Waals surface area contributed by atoms with Gasteiger partial charge in [0.15, 0.2) is 0 Å². The summed E-state index contributed by atoms with van der Waals surface area (Å²) in [5, 5.41) is 13.6. The average molecular weight is 327 g/mol. The van der Waals surface area contributed by atoms with Gasteiger partial charge in [-0.1, -0.05) is 0 Å². The minimum absolute atomic E-state index is 0.259. The van der Waals surface area contributed by atoms with Crippen LogP contribution in [0.1, 0.15) is 5.76 Å². The van der Waals surface area contributed by atoms with E-state index in [9.17, 15) is 10.1 Å². The van der Waals surface area contributed by atoms with E-state index in [0.717, 1.165) is 10.2 Å². The van der Waals surface area contributed by atoms with Gasteiger partial charge in [0.05, 0.1) is 24.2 Å². The fraction of sp³-hybridized carbons (Fsp3) is 0.167. The summed E-state index contributed by atoms with van der Waals surface area (Å²) in [4.78, 5) is 9.92. The second-order valence-corrected chi connectivity index (χ2v) is 4.55. The van der Waals surface area contributed by atoms with E-state index < -0.39 is 4.92 Å². The Labute approximate surface area is 117 Å². The van der Waals surface area contributed by atoms with Crippen LogP contribution in [-0.4, -0.2) is 12.0 Å². The van der Waals surface area contributed by atoms with Gasteiger partial charge in [-0.2, -0.15) is 0 Å². The molecule has 0 saturated heterocycles. The summed E-state index contributed by atoms with van der Waals surface area (Å²) in [6, 6.07) is 8.44. The lowest BCUT2D eigenvalue weighted by atomic mass is 10.3. The molecule has 0 amide bonds. The summed E-state index contributed by atoms with van der Waals surface area (Å²) in [6.07, 6.45) is 0. The first kappa shape index (κ1) is 13.4. The molecule has 1 heterocycles. The Kier molecular flexibility index (Phi) is 4.06. The molecular formula is C12H11BrN2O4. The zero-order valence-corrected chi connectivity index (χ0v) is 11.6. The summed E-state index contributed by atoms with van der Waals surface area (Å²) < 4.78 is 11.1. The van der Waals surface area contributed by atoms with Crippen molar-refractivity contribution >= 4 is 27.5 Å². The molecule has 0 radical (unpaired) electrons. The molecule has 0 aliphatic heterocycles. The number of halogens is 1. The number of hydrogen-bond acceptors (Lipinski definition) is 5. The molecule has 0 unspecified atom stereocenters. The molecule has 0 aliphatic carbocycles. The molecule has 1 aromatic carbocycles. The van der Waals surface area contributed by atoms with Crippen LogP contribution in [0, 0.1) is 10.1 Å². The highest BCUT2D eigenvalue weighted by atomic mass is 79.9. The second kappa shape index (κ2) is 5.75. The van der Waals surface area contributed by atoms with Crippen LogP contribution in [0.15, 0.2) is 39.2 Å². The van der Waals surface area contributed by atoms with Gasteiger partial charge in [-0.25, -0.2) is 0 Å². The first-order valence-corrected chi connectivity index (χ1v) is 6.20. The molecule has 7 heteroatoms. The third-order valence-electron chi connectivity index (χ3n) is 2.45. The maximum Gasteiger partial charge on any atom is 0.433 e. The van der Waals surface area contributed by atoms with Gasteiger partial charge in [-0.3, -0.25) is 10.1 Å². The molecule has 0 bridgehead atoms. The van der Waals surface area contributed by atoms with E-state index in [-0.39, 0.29) is 5.88 Å². The van der Waals surface area contributed by atoms with E-state index >= 15 is 0 Å². The number of nitrogens with one attached hydrogen (secondary N) is 1. The smallest absolute Gasteiger partial charge is 0.433 e. The van der Waals surface area contributed by atoms with Gasteiger partial charge in [-0.05, 0) is 34.1 Å². The summed E-state index contributed by atoms with van der Waals surface area (Å²) in [7, 11) is 1.58. The van der Waals surface area contributed by atoms with Crippen molar-refractivity contribution in [1.82, 2.24) is 0 Å². The normalized spacial score (nSPS) is 10.2. The number of ether oxygens (including phenoxy) is 1. The fourth-order valence-corrected chi connectivity index (χ4v) is 1.93. The second-order valence-electron chi connectivity index (χ2n) is 3.70.